The summed E-state index contributed by atoms with van der Waals surface area (Å²) in [6.45, 7) is 2.84. The van der Waals surface area contributed by atoms with Gasteiger partial charge in [0.2, 0.25) is 17.7 Å². The minimum absolute atomic E-state index is 0.183. The molecule has 0 aliphatic carbocycles. The molecular weight excluding hydrogens is 406 g/mol. The first-order valence-corrected chi connectivity index (χ1v) is 10.4. The minimum Gasteiger partial charge on any atom is -0.481 e. The van der Waals surface area contributed by atoms with Crippen LogP contribution in [0.4, 0.5) is 0 Å². The first-order chi connectivity index (χ1) is 13.5. The van der Waals surface area contributed by atoms with Gasteiger partial charge in [0.25, 0.3) is 0 Å². The van der Waals surface area contributed by atoms with Crippen LogP contribution in [0.5, 0.6) is 0 Å². The molecule has 0 radical (unpaired) electrons. The van der Waals surface area contributed by atoms with Crippen molar-refractivity contribution in [1.82, 2.24) is 16.0 Å². The van der Waals surface area contributed by atoms with Crippen molar-refractivity contribution in [3.05, 3.63) is 0 Å². The Bertz CT molecular complexity index is 599. The van der Waals surface area contributed by atoms with Crippen molar-refractivity contribution in [3.63, 3.8) is 0 Å². The van der Waals surface area contributed by atoms with Gasteiger partial charge in [-0.3, -0.25) is 19.2 Å². The van der Waals surface area contributed by atoms with Crippen LogP contribution in [0.15, 0.2) is 0 Å². The molecule has 4 atom stereocenters. The lowest BCUT2D eigenvalue weighted by Gasteiger charge is -2.23. The van der Waals surface area contributed by atoms with Crippen LogP contribution in [0.1, 0.15) is 39.5 Å². The van der Waals surface area contributed by atoms with Gasteiger partial charge in [-0.15, -0.1) is 0 Å². The van der Waals surface area contributed by atoms with Crippen molar-refractivity contribution in [2.45, 2.75) is 63.8 Å². The number of carbonyl (C=O) groups is 5. The quantitative estimate of drug-likeness (QED) is 0.198. The number of carboxylic acid groups (broad SMARTS) is 2. The molecule has 166 valence electrons. The van der Waals surface area contributed by atoms with E-state index in [1.54, 1.807) is 6.26 Å². The molecule has 0 saturated carbocycles. The minimum atomic E-state index is -1.41. The summed E-state index contributed by atoms with van der Waals surface area (Å²) in [5.41, 5.74) is 0. The molecule has 0 aromatic carbocycles. The number of hydrogen-bond donors (Lipinski definition) is 6. The molecule has 0 heterocycles. The Morgan fingerprint density at radius 1 is 0.897 bits per heavy atom. The van der Waals surface area contributed by atoms with E-state index in [-0.39, 0.29) is 19.3 Å². The summed E-state index contributed by atoms with van der Waals surface area (Å²) < 4.78 is 0. The third kappa shape index (κ3) is 12.0. The largest absolute Gasteiger partial charge is 0.481 e. The zero-order valence-corrected chi connectivity index (χ0v) is 17.5. The average molecular weight is 435 g/mol. The summed E-state index contributed by atoms with van der Waals surface area (Å²) >= 11 is 1.42. The van der Waals surface area contributed by atoms with Gasteiger partial charge >= 0.3 is 11.9 Å². The fourth-order valence-corrected chi connectivity index (χ4v) is 2.70. The lowest BCUT2D eigenvalue weighted by atomic mass is 10.1. The predicted molar refractivity (Wildman–Crippen MR) is 105 cm³/mol. The summed E-state index contributed by atoms with van der Waals surface area (Å²) in [6.07, 6.45) is 0.208. The monoisotopic (exact) mass is 435 g/mol. The molecule has 11 nitrogen and oxygen atoms in total. The van der Waals surface area contributed by atoms with Crippen molar-refractivity contribution in [2.75, 3.05) is 12.0 Å². The van der Waals surface area contributed by atoms with Gasteiger partial charge in [0.05, 0.1) is 12.5 Å². The SMILES string of the molecule is CSCCC(NC(=O)C(C)NC(=O)CC(C)O)C(=O)NC(CCC(=O)O)C(=O)O. The fourth-order valence-electron chi connectivity index (χ4n) is 2.23. The van der Waals surface area contributed by atoms with Gasteiger partial charge in [-0.1, -0.05) is 0 Å². The first-order valence-electron chi connectivity index (χ1n) is 8.99. The number of thioether (sulfide) groups is 1. The van der Waals surface area contributed by atoms with Crippen molar-refractivity contribution in [2.24, 2.45) is 0 Å². The van der Waals surface area contributed by atoms with Crippen molar-refractivity contribution < 1.29 is 39.3 Å². The number of aliphatic carboxylic acids is 2. The molecule has 0 aliphatic heterocycles. The zero-order valence-electron chi connectivity index (χ0n) is 16.6. The van der Waals surface area contributed by atoms with Crippen molar-refractivity contribution in [1.29, 1.82) is 0 Å². The van der Waals surface area contributed by atoms with Crippen LogP contribution >= 0.6 is 11.8 Å². The Morgan fingerprint density at radius 2 is 1.48 bits per heavy atom. The maximum atomic E-state index is 12.5. The topological polar surface area (TPSA) is 182 Å². The Morgan fingerprint density at radius 3 is 1.97 bits per heavy atom. The molecule has 0 aromatic heterocycles. The lowest BCUT2D eigenvalue weighted by Crippen LogP contribution is -2.55. The number of hydrogen-bond acceptors (Lipinski definition) is 7. The molecule has 29 heavy (non-hydrogen) atoms. The second kappa shape index (κ2) is 13.8. The molecular formula is C17H29N3O8S. The molecule has 0 aromatic rings. The van der Waals surface area contributed by atoms with E-state index in [0.717, 1.165) is 0 Å². The number of carbonyl (C=O) groups excluding carboxylic acids is 3. The van der Waals surface area contributed by atoms with Gasteiger partial charge in [-0.05, 0) is 38.7 Å². The standard InChI is InChI=1S/C17H29N3O8S/c1-9(21)8-13(22)18-10(2)15(25)19-11(6-7-29-3)16(26)20-12(17(27)28)4-5-14(23)24/h9-12,21H,4-8H2,1-3H3,(H,18,22)(H,19,25)(H,20,26)(H,23,24)(H,27,28). The Kier molecular flexibility index (Phi) is 12.7. The first kappa shape index (κ1) is 26.7. The number of carboxylic acids is 2. The van der Waals surface area contributed by atoms with Gasteiger partial charge in [-0.2, -0.15) is 11.8 Å². The summed E-state index contributed by atoms with van der Waals surface area (Å²) in [7, 11) is 0. The van der Waals surface area contributed by atoms with Crippen LogP contribution in [0.25, 0.3) is 0 Å². The highest BCUT2D eigenvalue weighted by Crippen LogP contribution is 2.05. The van der Waals surface area contributed by atoms with Gasteiger partial charge < -0.3 is 31.3 Å². The van der Waals surface area contributed by atoms with Crippen LogP contribution in [-0.4, -0.2) is 81.2 Å². The molecule has 0 saturated heterocycles. The lowest BCUT2D eigenvalue weighted by molar-refractivity contribution is -0.143. The highest BCUT2D eigenvalue weighted by atomic mass is 32.2. The van der Waals surface area contributed by atoms with E-state index in [2.05, 4.69) is 16.0 Å². The van der Waals surface area contributed by atoms with E-state index in [0.29, 0.717) is 5.75 Å². The molecule has 12 heteroatoms. The third-order valence-electron chi connectivity index (χ3n) is 3.76. The Labute approximate surface area is 173 Å². The highest BCUT2D eigenvalue weighted by molar-refractivity contribution is 7.98. The number of nitrogens with one attached hydrogen (secondary N) is 3. The molecule has 4 unspecified atom stereocenters. The van der Waals surface area contributed by atoms with Crippen LogP contribution < -0.4 is 16.0 Å². The second-order valence-corrected chi connectivity index (χ2v) is 7.50. The maximum Gasteiger partial charge on any atom is 0.326 e. The number of rotatable bonds is 14. The summed E-state index contributed by atoms with van der Waals surface area (Å²) in [5.74, 6) is -4.02. The number of aliphatic hydroxyl groups excluding tert-OH is 1. The predicted octanol–water partition coefficient (Wildman–Crippen LogP) is -1.07. The van der Waals surface area contributed by atoms with Crippen molar-refractivity contribution in [3.8, 4) is 0 Å². The molecule has 3 amide bonds. The molecule has 0 rings (SSSR count). The van der Waals surface area contributed by atoms with Crippen LogP contribution in [0.2, 0.25) is 0 Å². The van der Waals surface area contributed by atoms with E-state index in [9.17, 15) is 29.1 Å². The van der Waals surface area contributed by atoms with Crippen LogP contribution in [0.3, 0.4) is 0 Å². The number of aliphatic hydroxyl groups is 1. The molecule has 6 N–H and O–H groups in total. The smallest absolute Gasteiger partial charge is 0.326 e. The zero-order chi connectivity index (χ0) is 22.6. The van der Waals surface area contributed by atoms with Crippen LogP contribution in [-0.2, 0) is 24.0 Å². The van der Waals surface area contributed by atoms with Crippen LogP contribution in [0, 0.1) is 0 Å². The van der Waals surface area contributed by atoms with E-state index in [4.69, 9.17) is 10.2 Å². The van der Waals surface area contributed by atoms with E-state index < -0.39 is 60.3 Å². The van der Waals surface area contributed by atoms with E-state index >= 15 is 0 Å². The van der Waals surface area contributed by atoms with E-state index in [1.165, 1.54) is 25.6 Å². The Balaban J connectivity index is 5.01. The summed E-state index contributed by atoms with van der Waals surface area (Å²) in [4.78, 5) is 58.3. The fraction of sp³-hybridized carbons (Fsp3) is 0.706. The number of amides is 3. The highest BCUT2D eigenvalue weighted by Gasteiger charge is 2.28. The average Bonchev–Trinajstić information content (AvgIpc) is 2.60. The van der Waals surface area contributed by atoms with Crippen molar-refractivity contribution >= 4 is 41.4 Å². The van der Waals surface area contributed by atoms with Gasteiger partial charge in [0.15, 0.2) is 0 Å². The van der Waals surface area contributed by atoms with E-state index in [1.807, 2.05) is 0 Å². The second-order valence-electron chi connectivity index (χ2n) is 6.52. The summed E-state index contributed by atoms with van der Waals surface area (Å²) in [5, 5.41) is 34.2. The normalized spacial score (nSPS) is 14.8. The molecule has 0 aliphatic rings. The molecule has 0 spiro atoms. The maximum absolute atomic E-state index is 12.5. The Hall–Kier alpha value is -2.34. The third-order valence-corrected chi connectivity index (χ3v) is 4.40. The van der Waals surface area contributed by atoms with Gasteiger partial charge in [-0.25, -0.2) is 4.79 Å². The molecule has 0 fully saturated rings. The molecule has 0 bridgehead atoms. The van der Waals surface area contributed by atoms with Gasteiger partial charge in [0, 0.05) is 6.42 Å². The summed E-state index contributed by atoms with van der Waals surface area (Å²) in [6, 6.07) is -3.44. The van der Waals surface area contributed by atoms with Gasteiger partial charge in [0.1, 0.15) is 18.1 Å².